The van der Waals surface area contributed by atoms with Crippen LogP contribution in [0.2, 0.25) is 0 Å². The van der Waals surface area contributed by atoms with Gasteiger partial charge in [0.2, 0.25) is 0 Å². The lowest BCUT2D eigenvalue weighted by Crippen LogP contribution is -2.05. The first-order valence-electron chi connectivity index (χ1n) is 6.47. The van der Waals surface area contributed by atoms with Crippen LogP contribution in [0, 0.1) is 12.8 Å². The lowest BCUT2D eigenvalue weighted by Gasteiger charge is -2.10. The highest BCUT2D eigenvalue weighted by atomic mass is 32.1. The third-order valence-electron chi connectivity index (χ3n) is 2.86. The highest BCUT2D eigenvalue weighted by Crippen LogP contribution is 2.22. The molecule has 0 aliphatic rings. The molecule has 0 bridgehead atoms. The number of rotatable bonds is 8. The molecule has 0 saturated carbocycles. The van der Waals surface area contributed by atoms with Crippen LogP contribution in [0.4, 0.5) is 0 Å². The fraction of sp³-hybridized carbons (Fsp3) is 0.714. The van der Waals surface area contributed by atoms with Crippen LogP contribution in [0.1, 0.15) is 42.0 Å². The Labute approximate surface area is 109 Å². The number of aryl methyl sites for hydroxylation is 1. The fourth-order valence-electron chi connectivity index (χ4n) is 1.94. The van der Waals surface area contributed by atoms with Crippen molar-refractivity contribution in [1.29, 1.82) is 0 Å². The van der Waals surface area contributed by atoms with Gasteiger partial charge in [0.15, 0.2) is 0 Å². The normalized spacial score (nSPS) is 12.9. The number of nitrogens with one attached hydrogen (secondary N) is 1. The molecule has 0 spiro atoms. The molecule has 98 valence electrons. The van der Waals surface area contributed by atoms with E-state index in [0.717, 1.165) is 19.8 Å². The van der Waals surface area contributed by atoms with Gasteiger partial charge in [0, 0.05) is 22.9 Å². The van der Waals surface area contributed by atoms with Gasteiger partial charge in [-0.2, -0.15) is 0 Å². The molecule has 0 aromatic carbocycles. The summed E-state index contributed by atoms with van der Waals surface area (Å²) in [6.07, 6.45) is 2.50. The van der Waals surface area contributed by atoms with Crippen molar-refractivity contribution in [3.05, 3.63) is 21.4 Å². The Morgan fingerprint density at radius 2 is 2.24 bits per heavy atom. The molecule has 1 heterocycles. The lowest BCUT2D eigenvalue weighted by atomic mass is 10.1. The highest BCUT2D eigenvalue weighted by molar-refractivity contribution is 7.12. The van der Waals surface area contributed by atoms with Crippen LogP contribution in [-0.4, -0.2) is 13.7 Å². The van der Waals surface area contributed by atoms with Crippen molar-refractivity contribution in [3.63, 3.8) is 0 Å². The standard InChI is InChI=1S/C14H25NOS/c1-5-6-11(2)9-16-10-13-7-14(8-15-4)17-12(13)3/h7,11,15H,5-6,8-10H2,1-4H3. The van der Waals surface area contributed by atoms with E-state index in [9.17, 15) is 0 Å². The summed E-state index contributed by atoms with van der Waals surface area (Å²) in [5.41, 5.74) is 1.35. The minimum atomic E-state index is 0.677. The minimum Gasteiger partial charge on any atom is -0.376 e. The zero-order chi connectivity index (χ0) is 12.7. The van der Waals surface area contributed by atoms with E-state index in [1.807, 2.05) is 18.4 Å². The second-order valence-electron chi connectivity index (χ2n) is 4.73. The minimum absolute atomic E-state index is 0.677. The SMILES string of the molecule is CCCC(C)COCc1cc(CNC)sc1C. The summed E-state index contributed by atoms with van der Waals surface area (Å²) in [4.78, 5) is 2.78. The van der Waals surface area contributed by atoms with Crippen LogP contribution in [0.3, 0.4) is 0 Å². The van der Waals surface area contributed by atoms with E-state index in [1.165, 1.54) is 28.2 Å². The summed E-state index contributed by atoms with van der Waals surface area (Å²) in [5, 5.41) is 3.19. The molecular weight excluding hydrogens is 230 g/mol. The van der Waals surface area contributed by atoms with E-state index in [2.05, 4.69) is 32.2 Å². The monoisotopic (exact) mass is 255 g/mol. The van der Waals surface area contributed by atoms with E-state index in [0.29, 0.717) is 5.92 Å². The number of thiophene rings is 1. The van der Waals surface area contributed by atoms with Crippen LogP contribution >= 0.6 is 11.3 Å². The van der Waals surface area contributed by atoms with Crippen molar-refractivity contribution < 1.29 is 4.74 Å². The summed E-state index contributed by atoms with van der Waals surface area (Å²) < 4.78 is 5.79. The Morgan fingerprint density at radius 1 is 1.47 bits per heavy atom. The average molecular weight is 255 g/mol. The molecule has 0 amide bonds. The second-order valence-corrected chi connectivity index (χ2v) is 6.07. The summed E-state index contributed by atoms with van der Waals surface area (Å²) in [5.74, 6) is 0.677. The Bertz CT molecular complexity index is 322. The van der Waals surface area contributed by atoms with Crippen molar-refractivity contribution in [2.24, 2.45) is 5.92 Å². The first-order chi connectivity index (χ1) is 8.17. The van der Waals surface area contributed by atoms with Gasteiger partial charge < -0.3 is 10.1 Å². The van der Waals surface area contributed by atoms with Gasteiger partial charge in [0.25, 0.3) is 0 Å². The average Bonchev–Trinajstić information content (AvgIpc) is 2.60. The van der Waals surface area contributed by atoms with Gasteiger partial charge in [-0.15, -0.1) is 11.3 Å². The van der Waals surface area contributed by atoms with Gasteiger partial charge in [-0.25, -0.2) is 0 Å². The molecule has 1 rings (SSSR count). The molecule has 17 heavy (non-hydrogen) atoms. The van der Waals surface area contributed by atoms with Crippen molar-refractivity contribution >= 4 is 11.3 Å². The molecule has 0 aliphatic heterocycles. The molecule has 0 saturated heterocycles. The Kier molecular flexibility index (Phi) is 6.78. The summed E-state index contributed by atoms with van der Waals surface area (Å²) in [7, 11) is 1.98. The maximum Gasteiger partial charge on any atom is 0.0727 e. The van der Waals surface area contributed by atoms with Crippen molar-refractivity contribution in [1.82, 2.24) is 5.32 Å². The first-order valence-corrected chi connectivity index (χ1v) is 7.29. The van der Waals surface area contributed by atoms with Crippen molar-refractivity contribution in [3.8, 4) is 0 Å². The molecule has 2 nitrogen and oxygen atoms in total. The molecule has 3 heteroatoms. The van der Waals surface area contributed by atoms with Crippen LogP contribution < -0.4 is 5.32 Å². The number of ether oxygens (including phenoxy) is 1. The third-order valence-corrected chi connectivity index (χ3v) is 3.96. The Hall–Kier alpha value is -0.380. The van der Waals surface area contributed by atoms with Gasteiger partial charge in [0.1, 0.15) is 0 Å². The molecule has 1 unspecified atom stereocenters. The van der Waals surface area contributed by atoms with E-state index >= 15 is 0 Å². The van der Waals surface area contributed by atoms with Crippen LogP contribution in [-0.2, 0) is 17.9 Å². The molecule has 0 radical (unpaired) electrons. The van der Waals surface area contributed by atoms with E-state index < -0.39 is 0 Å². The second kappa shape index (κ2) is 7.85. The van der Waals surface area contributed by atoms with Gasteiger partial charge >= 0.3 is 0 Å². The molecule has 0 aliphatic carbocycles. The maximum atomic E-state index is 5.79. The van der Waals surface area contributed by atoms with E-state index in [1.54, 1.807) is 0 Å². The van der Waals surface area contributed by atoms with Crippen LogP contribution in [0.15, 0.2) is 6.07 Å². The van der Waals surface area contributed by atoms with E-state index in [4.69, 9.17) is 4.74 Å². The first kappa shape index (κ1) is 14.7. The molecular formula is C14H25NOS. The molecule has 1 aromatic rings. The zero-order valence-corrected chi connectivity index (χ0v) is 12.3. The number of hydrogen-bond acceptors (Lipinski definition) is 3. The quantitative estimate of drug-likeness (QED) is 0.764. The summed E-state index contributed by atoms with van der Waals surface area (Å²) >= 11 is 1.87. The van der Waals surface area contributed by atoms with Crippen molar-refractivity contribution in [2.75, 3.05) is 13.7 Å². The zero-order valence-electron chi connectivity index (χ0n) is 11.5. The molecule has 1 N–H and O–H groups in total. The van der Waals surface area contributed by atoms with Crippen LogP contribution in [0.5, 0.6) is 0 Å². The summed E-state index contributed by atoms with van der Waals surface area (Å²) in [6.45, 7) is 9.26. The molecule has 1 aromatic heterocycles. The highest BCUT2D eigenvalue weighted by Gasteiger charge is 2.06. The predicted octanol–water partition coefficient (Wildman–Crippen LogP) is 3.73. The Balaban J connectivity index is 2.35. The maximum absolute atomic E-state index is 5.79. The Morgan fingerprint density at radius 3 is 2.88 bits per heavy atom. The van der Waals surface area contributed by atoms with Crippen LogP contribution in [0.25, 0.3) is 0 Å². The van der Waals surface area contributed by atoms with Crippen molar-refractivity contribution in [2.45, 2.75) is 46.8 Å². The van der Waals surface area contributed by atoms with E-state index in [-0.39, 0.29) is 0 Å². The fourth-order valence-corrected chi connectivity index (χ4v) is 3.00. The van der Waals surface area contributed by atoms with Gasteiger partial charge in [-0.05, 0) is 37.9 Å². The van der Waals surface area contributed by atoms with Gasteiger partial charge in [-0.3, -0.25) is 0 Å². The molecule has 0 fully saturated rings. The van der Waals surface area contributed by atoms with Gasteiger partial charge in [0.05, 0.1) is 6.61 Å². The topological polar surface area (TPSA) is 21.3 Å². The third kappa shape index (κ3) is 5.19. The van der Waals surface area contributed by atoms with Gasteiger partial charge in [-0.1, -0.05) is 20.3 Å². The lowest BCUT2D eigenvalue weighted by molar-refractivity contribution is 0.0892. The number of hydrogen-bond donors (Lipinski definition) is 1. The smallest absolute Gasteiger partial charge is 0.0727 e. The predicted molar refractivity (Wildman–Crippen MR) is 75.5 cm³/mol. The summed E-state index contributed by atoms with van der Waals surface area (Å²) in [6, 6.07) is 2.26. The largest absolute Gasteiger partial charge is 0.376 e. The molecule has 1 atom stereocenters.